The van der Waals surface area contributed by atoms with Gasteiger partial charge < -0.3 is 4.42 Å². The first-order valence-corrected chi connectivity index (χ1v) is 19.3. The van der Waals surface area contributed by atoms with Gasteiger partial charge in [0.2, 0.25) is 0 Å². The smallest absolute Gasteiger partial charge is 0.164 e. The van der Waals surface area contributed by atoms with Gasteiger partial charge in [-0.15, -0.1) is 11.3 Å². The Labute approximate surface area is 326 Å². The van der Waals surface area contributed by atoms with Crippen LogP contribution in [0.5, 0.6) is 0 Å². The number of nitrogens with zero attached hydrogens (tertiary/aromatic N) is 4. The van der Waals surface area contributed by atoms with Crippen LogP contribution in [0.1, 0.15) is 0 Å². The van der Waals surface area contributed by atoms with E-state index in [1.54, 1.807) is 6.20 Å². The largest absolute Gasteiger partial charge is 0.455 e. The number of para-hydroxylation sites is 1. The van der Waals surface area contributed by atoms with Gasteiger partial charge in [0.25, 0.3) is 0 Å². The zero-order chi connectivity index (χ0) is 37.0. The van der Waals surface area contributed by atoms with E-state index < -0.39 is 0 Å². The average Bonchev–Trinajstić information content (AvgIpc) is 3.85. The van der Waals surface area contributed by atoms with Gasteiger partial charge in [0.1, 0.15) is 11.2 Å². The quantitative estimate of drug-likeness (QED) is 0.170. The molecule has 262 valence electrons. The van der Waals surface area contributed by atoms with E-state index in [0.717, 1.165) is 72.0 Å². The van der Waals surface area contributed by atoms with Crippen LogP contribution in [0.15, 0.2) is 187 Å². The summed E-state index contributed by atoms with van der Waals surface area (Å²) in [4.78, 5) is 19.5. The number of pyridine rings is 1. The third-order valence-electron chi connectivity index (χ3n) is 10.5. The number of hydrogen-bond acceptors (Lipinski definition) is 6. The van der Waals surface area contributed by atoms with Gasteiger partial charge >= 0.3 is 0 Å². The molecule has 0 fully saturated rings. The number of fused-ring (bicyclic) bond motifs is 6. The molecular weight excluding hydrogens is 705 g/mol. The summed E-state index contributed by atoms with van der Waals surface area (Å²) >= 11 is 1.83. The number of rotatable bonds is 6. The van der Waals surface area contributed by atoms with Gasteiger partial charge in [0.05, 0.1) is 0 Å². The molecule has 11 rings (SSSR count). The second kappa shape index (κ2) is 13.2. The molecule has 0 amide bonds. The fraction of sp³-hybridized carbons (Fsp3) is 0. The Morgan fingerprint density at radius 1 is 0.393 bits per heavy atom. The summed E-state index contributed by atoms with van der Waals surface area (Å²) < 4.78 is 9.26. The van der Waals surface area contributed by atoms with Crippen LogP contribution in [0.2, 0.25) is 0 Å². The standard InChI is InChI=1S/C50H30N4OS/c1-2-11-32(12-3-1)48-52-49(54-50(53-48)41-16-5-4-14-36(41)35-13-10-28-51-30-35)33-22-20-31(21-23-33)37-26-27-38(47-46(37)42-17-6-8-18-43(42)55-47)34-24-25-40-39-15-7-9-19-44(39)56-45(40)29-34/h1-30H. The van der Waals surface area contributed by atoms with Crippen molar-refractivity contribution >= 4 is 53.4 Å². The van der Waals surface area contributed by atoms with E-state index in [0.29, 0.717) is 17.5 Å². The summed E-state index contributed by atoms with van der Waals surface area (Å²) in [7, 11) is 0. The van der Waals surface area contributed by atoms with E-state index >= 15 is 0 Å². The van der Waals surface area contributed by atoms with Gasteiger partial charge in [-0.1, -0.05) is 140 Å². The molecule has 0 saturated heterocycles. The molecule has 0 aliphatic heterocycles. The van der Waals surface area contributed by atoms with E-state index in [-0.39, 0.29) is 0 Å². The molecule has 0 aliphatic rings. The van der Waals surface area contributed by atoms with Gasteiger partial charge in [-0.2, -0.15) is 0 Å². The molecule has 0 aliphatic carbocycles. The van der Waals surface area contributed by atoms with Gasteiger partial charge in [-0.05, 0) is 52.6 Å². The summed E-state index contributed by atoms with van der Waals surface area (Å²) in [5, 5.41) is 4.77. The third-order valence-corrected chi connectivity index (χ3v) is 11.6. The minimum Gasteiger partial charge on any atom is -0.455 e. The first kappa shape index (κ1) is 32.2. The molecule has 0 bridgehead atoms. The average molecular weight is 735 g/mol. The van der Waals surface area contributed by atoms with Crippen molar-refractivity contribution in [2.75, 3.05) is 0 Å². The Hall–Kier alpha value is -7.28. The highest BCUT2D eigenvalue weighted by molar-refractivity contribution is 7.25. The topological polar surface area (TPSA) is 64.7 Å². The second-order valence-corrected chi connectivity index (χ2v) is 14.9. The second-order valence-electron chi connectivity index (χ2n) is 13.8. The Balaban J connectivity index is 1.03. The van der Waals surface area contributed by atoms with Gasteiger partial charge in [-0.25, -0.2) is 15.0 Å². The Bertz CT molecular complexity index is 3240. The van der Waals surface area contributed by atoms with Gasteiger partial charge in [0.15, 0.2) is 17.5 Å². The molecule has 4 heterocycles. The lowest BCUT2D eigenvalue weighted by Gasteiger charge is -2.12. The predicted octanol–water partition coefficient (Wildman–Crippen LogP) is 13.5. The molecule has 0 saturated carbocycles. The lowest BCUT2D eigenvalue weighted by Crippen LogP contribution is -2.01. The minimum atomic E-state index is 0.604. The van der Waals surface area contributed by atoms with Crippen LogP contribution in [-0.2, 0) is 0 Å². The predicted molar refractivity (Wildman–Crippen MR) is 230 cm³/mol. The lowest BCUT2D eigenvalue weighted by molar-refractivity contribution is 0.670. The normalized spacial score (nSPS) is 11.6. The summed E-state index contributed by atoms with van der Waals surface area (Å²) in [5.74, 6) is 1.83. The molecule has 4 aromatic heterocycles. The van der Waals surface area contributed by atoms with Crippen molar-refractivity contribution in [1.29, 1.82) is 0 Å². The monoisotopic (exact) mass is 734 g/mol. The molecule has 56 heavy (non-hydrogen) atoms. The number of hydrogen-bond donors (Lipinski definition) is 0. The maximum Gasteiger partial charge on any atom is 0.164 e. The Kier molecular flexibility index (Phi) is 7.60. The third kappa shape index (κ3) is 5.46. The van der Waals surface area contributed by atoms with E-state index in [1.807, 2.05) is 72.1 Å². The molecule has 0 radical (unpaired) electrons. The molecule has 0 N–H and O–H groups in total. The van der Waals surface area contributed by atoms with Crippen molar-refractivity contribution in [2.24, 2.45) is 0 Å². The van der Waals surface area contributed by atoms with Crippen molar-refractivity contribution in [3.8, 4) is 67.5 Å². The first-order chi connectivity index (χ1) is 27.7. The summed E-state index contributed by atoms with van der Waals surface area (Å²) in [6.45, 7) is 0. The molecular formula is C50H30N4OS. The molecule has 11 aromatic rings. The van der Waals surface area contributed by atoms with Crippen molar-refractivity contribution in [1.82, 2.24) is 19.9 Å². The maximum atomic E-state index is 6.69. The van der Waals surface area contributed by atoms with E-state index in [9.17, 15) is 0 Å². The van der Waals surface area contributed by atoms with Crippen molar-refractivity contribution < 1.29 is 4.42 Å². The summed E-state index contributed by atoms with van der Waals surface area (Å²) in [5.41, 5.74) is 10.9. The van der Waals surface area contributed by atoms with Crippen LogP contribution in [-0.4, -0.2) is 19.9 Å². The van der Waals surface area contributed by atoms with Crippen LogP contribution in [0, 0.1) is 0 Å². The molecule has 7 aromatic carbocycles. The molecule has 5 nitrogen and oxygen atoms in total. The van der Waals surface area contributed by atoms with Crippen LogP contribution in [0.4, 0.5) is 0 Å². The van der Waals surface area contributed by atoms with Crippen LogP contribution < -0.4 is 0 Å². The fourth-order valence-corrected chi connectivity index (χ4v) is 8.93. The highest BCUT2D eigenvalue weighted by Crippen LogP contribution is 2.44. The number of aromatic nitrogens is 4. The molecule has 6 heteroatoms. The van der Waals surface area contributed by atoms with E-state index in [2.05, 4.69) is 120 Å². The van der Waals surface area contributed by atoms with E-state index in [1.165, 1.54) is 20.2 Å². The van der Waals surface area contributed by atoms with Crippen LogP contribution in [0.3, 0.4) is 0 Å². The summed E-state index contributed by atoms with van der Waals surface area (Å²) in [6.07, 6.45) is 3.65. The molecule has 0 spiro atoms. The maximum absolute atomic E-state index is 6.69. The number of furan rings is 1. The van der Waals surface area contributed by atoms with Crippen LogP contribution >= 0.6 is 11.3 Å². The van der Waals surface area contributed by atoms with E-state index in [4.69, 9.17) is 19.4 Å². The number of benzene rings is 7. The zero-order valence-corrected chi connectivity index (χ0v) is 30.7. The number of thiophene rings is 1. The minimum absolute atomic E-state index is 0.604. The molecule has 0 unspecified atom stereocenters. The Morgan fingerprint density at radius 2 is 1.02 bits per heavy atom. The zero-order valence-electron chi connectivity index (χ0n) is 29.9. The van der Waals surface area contributed by atoms with Gasteiger partial charge in [-0.3, -0.25) is 4.98 Å². The SMILES string of the molecule is c1ccc(-c2nc(-c3ccc(-c4ccc(-c5ccc6c(c5)sc5ccccc56)c5oc6ccccc6c45)cc3)nc(-c3ccccc3-c3cccnc3)n2)cc1. The lowest BCUT2D eigenvalue weighted by atomic mass is 9.94. The van der Waals surface area contributed by atoms with Crippen molar-refractivity contribution in [2.45, 2.75) is 0 Å². The van der Waals surface area contributed by atoms with Crippen molar-refractivity contribution in [3.63, 3.8) is 0 Å². The fourth-order valence-electron chi connectivity index (χ4n) is 7.78. The molecule has 0 atom stereocenters. The highest BCUT2D eigenvalue weighted by atomic mass is 32.1. The van der Waals surface area contributed by atoms with Gasteiger partial charge in [0, 0.05) is 71.2 Å². The first-order valence-electron chi connectivity index (χ1n) is 18.5. The van der Waals surface area contributed by atoms with Crippen molar-refractivity contribution in [3.05, 3.63) is 182 Å². The van der Waals surface area contributed by atoms with Crippen LogP contribution in [0.25, 0.3) is 110 Å². The summed E-state index contributed by atoms with van der Waals surface area (Å²) in [6, 6.07) is 58.9. The Morgan fingerprint density at radius 3 is 1.84 bits per heavy atom. The highest BCUT2D eigenvalue weighted by Gasteiger charge is 2.19.